The molecular weight excluding hydrogens is 647 g/mol. The molecule has 0 saturated heterocycles. The van der Waals surface area contributed by atoms with Crippen molar-refractivity contribution in [3.63, 3.8) is 0 Å². The molecule has 0 aromatic heterocycles. The Morgan fingerprint density at radius 2 is 0.788 bits per heavy atom. The highest BCUT2D eigenvalue weighted by atomic mass is 16.3. The maximum atomic E-state index is 12.5. The predicted molar refractivity (Wildman–Crippen MR) is 224 cm³/mol. The van der Waals surface area contributed by atoms with E-state index in [0.29, 0.717) is 12.8 Å². The number of nitrogens with one attached hydrogen (secondary N) is 1. The summed E-state index contributed by atoms with van der Waals surface area (Å²) in [6.07, 6.45) is 46.8. The van der Waals surface area contributed by atoms with Gasteiger partial charge in [0.2, 0.25) is 5.91 Å². The number of allylic oxidation sites excluding steroid dienone is 4. The van der Waals surface area contributed by atoms with Crippen molar-refractivity contribution in [1.29, 1.82) is 0 Å². The van der Waals surface area contributed by atoms with Gasteiger partial charge in [-0.05, 0) is 64.2 Å². The predicted octanol–water partition coefficient (Wildman–Crippen LogP) is 12.0. The lowest BCUT2D eigenvalue weighted by Gasteiger charge is -2.27. The van der Waals surface area contributed by atoms with Crippen LogP contribution in [0.15, 0.2) is 24.3 Å². The summed E-state index contributed by atoms with van der Waals surface area (Å²) < 4.78 is 0. The van der Waals surface area contributed by atoms with Gasteiger partial charge in [-0.25, -0.2) is 0 Å². The van der Waals surface area contributed by atoms with Gasteiger partial charge in [-0.15, -0.1) is 0 Å². The molecule has 0 radical (unpaired) electrons. The number of amides is 1. The van der Waals surface area contributed by atoms with Gasteiger partial charge in [0.15, 0.2) is 0 Å². The number of carbonyl (C=O) groups excluding carboxylic acids is 1. The van der Waals surface area contributed by atoms with Crippen LogP contribution in [0.25, 0.3) is 0 Å². The highest BCUT2D eigenvalue weighted by molar-refractivity contribution is 5.80. The molecule has 5 N–H and O–H groups in total. The molecule has 0 aliphatic heterocycles. The smallest absolute Gasteiger partial charge is 0.249 e. The normalized spacial score (nSPS) is 14.3. The van der Waals surface area contributed by atoms with Crippen LogP contribution in [0.5, 0.6) is 0 Å². The van der Waals surface area contributed by atoms with Crippen LogP contribution in [-0.4, -0.2) is 57.3 Å². The molecular formula is C46H89NO5. The molecule has 0 heterocycles. The zero-order valence-electron chi connectivity index (χ0n) is 34.6. The van der Waals surface area contributed by atoms with E-state index >= 15 is 0 Å². The molecule has 0 fully saturated rings. The average molecular weight is 736 g/mol. The number of aliphatic hydroxyl groups is 4. The molecule has 0 saturated carbocycles. The molecule has 1 amide bonds. The highest BCUT2D eigenvalue weighted by Gasteiger charge is 2.28. The van der Waals surface area contributed by atoms with Crippen molar-refractivity contribution in [2.24, 2.45) is 0 Å². The maximum absolute atomic E-state index is 12.5. The van der Waals surface area contributed by atoms with E-state index in [0.717, 1.165) is 38.5 Å². The largest absolute Gasteiger partial charge is 0.394 e. The maximum Gasteiger partial charge on any atom is 0.249 e. The van der Waals surface area contributed by atoms with Gasteiger partial charge in [-0.1, -0.05) is 192 Å². The minimum absolute atomic E-state index is 0.364. The van der Waals surface area contributed by atoms with Crippen molar-refractivity contribution in [2.45, 2.75) is 257 Å². The van der Waals surface area contributed by atoms with Gasteiger partial charge >= 0.3 is 0 Å². The van der Waals surface area contributed by atoms with E-state index in [1.807, 2.05) is 0 Å². The second kappa shape index (κ2) is 41.0. The molecule has 0 aromatic carbocycles. The molecule has 0 spiro atoms. The van der Waals surface area contributed by atoms with Gasteiger partial charge in [-0.3, -0.25) is 4.79 Å². The van der Waals surface area contributed by atoms with E-state index in [-0.39, 0.29) is 0 Å². The van der Waals surface area contributed by atoms with Crippen LogP contribution in [0, 0.1) is 0 Å². The summed E-state index contributed by atoms with van der Waals surface area (Å²) in [5.41, 5.74) is 0. The lowest BCUT2D eigenvalue weighted by molar-refractivity contribution is -0.132. The molecule has 6 heteroatoms. The lowest BCUT2D eigenvalue weighted by Crippen LogP contribution is -2.53. The Bertz CT molecular complexity index is 787. The molecule has 0 aromatic rings. The fourth-order valence-corrected chi connectivity index (χ4v) is 6.99. The average Bonchev–Trinajstić information content (AvgIpc) is 3.15. The standard InChI is InChI=1S/C46H89NO5/c1-3-5-7-9-11-13-14-15-16-17-18-19-20-21-22-23-24-25-26-27-28-29-30-31-32-34-36-38-40-44(50)46(52)47-42(41-48)45(51)43(49)39-37-35-33-12-10-8-6-4-2/h12,21-22,33,42-45,48-51H,3-11,13-20,23-32,34-41H2,1-2H3,(H,47,52)/b22-21-,33-12+. The number of hydrogen-bond donors (Lipinski definition) is 5. The fraction of sp³-hybridized carbons (Fsp3) is 0.891. The molecule has 6 nitrogen and oxygen atoms in total. The quantitative estimate of drug-likeness (QED) is 0.0317. The Kier molecular flexibility index (Phi) is 40.0. The third kappa shape index (κ3) is 34.6. The molecule has 0 bridgehead atoms. The summed E-state index contributed by atoms with van der Waals surface area (Å²) in [4.78, 5) is 12.5. The number of carbonyl (C=O) groups is 1. The summed E-state index contributed by atoms with van der Waals surface area (Å²) in [5.74, 6) is -0.596. The Balaban J connectivity index is 3.59. The third-order valence-corrected chi connectivity index (χ3v) is 10.6. The van der Waals surface area contributed by atoms with Crippen LogP contribution in [0.4, 0.5) is 0 Å². The van der Waals surface area contributed by atoms with Crippen molar-refractivity contribution in [1.82, 2.24) is 5.32 Å². The Morgan fingerprint density at radius 3 is 1.19 bits per heavy atom. The Labute approximate surface area is 323 Å². The minimum Gasteiger partial charge on any atom is -0.394 e. The van der Waals surface area contributed by atoms with Crippen LogP contribution in [0.3, 0.4) is 0 Å². The summed E-state index contributed by atoms with van der Waals surface area (Å²) in [6.45, 7) is 3.98. The van der Waals surface area contributed by atoms with E-state index in [4.69, 9.17) is 0 Å². The highest BCUT2D eigenvalue weighted by Crippen LogP contribution is 2.16. The monoisotopic (exact) mass is 736 g/mol. The van der Waals surface area contributed by atoms with E-state index in [9.17, 15) is 25.2 Å². The first kappa shape index (κ1) is 50.8. The van der Waals surface area contributed by atoms with Crippen LogP contribution in [-0.2, 0) is 4.79 Å². The van der Waals surface area contributed by atoms with E-state index in [1.165, 1.54) is 167 Å². The van der Waals surface area contributed by atoms with Gasteiger partial charge in [-0.2, -0.15) is 0 Å². The Morgan fingerprint density at radius 1 is 0.462 bits per heavy atom. The van der Waals surface area contributed by atoms with E-state index in [2.05, 4.69) is 43.5 Å². The van der Waals surface area contributed by atoms with Gasteiger partial charge in [0.1, 0.15) is 12.2 Å². The zero-order valence-corrected chi connectivity index (χ0v) is 34.6. The van der Waals surface area contributed by atoms with Crippen LogP contribution >= 0.6 is 0 Å². The lowest BCUT2D eigenvalue weighted by atomic mass is 10.00. The molecule has 4 atom stereocenters. The van der Waals surface area contributed by atoms with E-state index < -0.39 is 36.9 Å². The zero-order chi connectivity index (χ0) is 38.2. The summed E-state index contributed by atoms with van der Waals surface area (Å²) in [5, 5.41) is 43.4. The van der Waals surface area contributed by atoms with Gasteiger partial charge < -0.3 is 25.7 Å². The molecule has 0 rings (SSSR count). The molecule has 308 valence electrons. The second-order valence-electron chi connectivity index (χ2n) is 15.7. The van der Waals surface area contributed by atoms with Gasteiger partial charge in [0, 0.05) is 0 Å². The SMILES string of the molecule is CCCCC/C=C/CCCC(O)C(O)C(CO)NC(=O)C(O)CCCCCCCCCCCCCC/C=C\CCCCCCCCCCCCCC. The van der Waals surface area contributed by atoms with Crippen molar-refractivity contribution >= 4 is 5.91 Å². The minimum atomic E-state index is -1.28. The van der Waals surface area contributed by atoms with E-state index in [1.54, 1.807) is 0 Å². The third-order valence-electron chi connectivity index (χ3n) is 10.6. The fourth-order valence-electron chi connectivity index (χ4n) is 6.99. The van der Waals surface area contributed by atoms with Gasteiger partial charge in [0.05, 0.1) is 18.8 Å². The first-order chi connectivity index (χ1) is 25.5. The number of aliphatic hydroxyl groups excluding tert-OH is 4. The molecule has 0 aliphatic rings. The summed E-state index contributed by atoms with van der Waals surface area (Å²) in [7, 11) is 0. The van der Waals surface area contributed by atoms with Crippen molar-refractivity contribution in [3.8, 4) is 0 Å². The Hall–Kier alpha value is -1.21. The van der Waals surface area contributed by atoms with Crippen molar-refractivity contribution < 1.29 is 25.2 Å². The first-order valence-corrected chi connectivity index (χ1v) is 22.7. The molecule has 4 unspecified atom stereocenters. The van der Waals surface area contributed by atoms with Crippen LogP contribution in [0.1, 0.15) is 232 Å². The summed E-state index contributed by atoms with van der Waals surface area (Å²) >= 11 is 0. The second-order valence-corrected chi connectivity index (χ2v) is 15.7. The number of unbranched alkanes of at least 4 members (excludes halogenated alkanes) is 28. The first-order valence-electron chi connectivity index (χ1n) is 22.7. The number of rotatable bonds is 41. The van der Waals surface area contributed by atoms with Crippen molar-refractivity contribution in [3.05, 3.63) is 24.3 Å². The summed E-state index contributed by atoms with van der Waals surface area (Å²) in [6, 6.07) is -0.998. The van der Waals surface area contributed by atoms with Crippen molar-refractivity contribution in [2.75, 3.05) is 6.61 Å². The number of hydrogen-bond acceptors (Lipinski definition) is 5. The van der Waals surface area contributed by atoms with Crippen LogP contribution < -0.4 is 5.32 Å². The van der Waals surface area contributed by atoms with Crippen LogP contribution in [0.2, 0.25) is 0 Å². The molecule has 0 aliphatic carbocycles. The van der Waals surface area contributed by atoms with Gasteiger partial charge in [0.25, 0.3) is 0 Å². The topological polar surface area (TPSA) is 110 Å². The molecule has 52 heavy (non-hydrogen) atoms.